The van der Waals surface area contributed by atoms with Crippen LogP contribution in [0.2, 0.25) is 0 Å². The summed E-state index contributed by atoms with van der Waals surface area (Å²) < 4.78 is 15.4. The van der Waals surface area contributed by atoms with Crippen LogP contribution >= 0.6 is 0 Å². The molecule has 0 spiro atoms. The van der Waals surface area contributed by atoms with Crippen molar-refractivity contribution in [3.8, 4) is 0 Å². The van der Waals surface area contributed by atoms with E-state index < -0.39 is 5.97 Å². The molecule has 5 nitrogen and oxygen atoms in total. The van der Waals surface area contributed by atoms with E-state index in [-0.39, 0.29) is 11.2 Å². The molecule has 1 aliphatic rings. The highest BCUT2D eigenvalue weighted by Gasteiger charge is 2.48. The lowest BCUT2D eigenvalue weighted by atomic mass is 9.64. The van der Waals surface area contributed by atoms with E-state index in [2.05, 4.69) is 23.9 Å². The summed E-state index contributed by atoms with van der Waals surface area (Å²) in [5.74, 6) is 0.522. The number of nitrogens with one attached hydrogen (secondary N) is 1. The van der Waals surface area contributed by atoms with Gasteiger partial charge in [0.15, 0.2) is 0 Å². The molecule has 1 aliphatic carbocycles. The molecule has 0 aromatic carbocycles. The normalized spacial score (nSPS) is 24.8. The topological polar surface area (TPSA) is 60.7 Å². The van der Waals surface area contributed by atoms with Crippen LogP contribution in [0.5, 0.6) is 0 Å². The smallest absolute Gasteiger partial charge is 0.373 e. The van der Waals surface area contributed by atoms with Crippen molar-refractivity contribution in [2.45, 2.75) is 39.0 Å². The Labute approximate surface area is 113 Å². The van der Waals surface area contributed by atoms with E-state index in [9.17, 15) is 4.79 Å². The molecule has 106 valence electrons. The summed E-state index contributed by atoms with van der Waals surface area (Å²) in [6.07, 6.45) is 1.29. The highest BCUT2D eigenvalue weighted by Crippen LogP contribution is 2.42. The summed E-state index contributed by atoms with van der Waals surface area (Å²) in [5.41, 5.74) is 0.118. The first-order chi connectivity index (χ1) is 8.98. The number of ether oxygens (including phenoxy) is 2. The summed E-state index contributed by atoms with van der Waals surface area (Å²) >= 11 is 0. The van der Waals surface area contributed by atoms with Crippen molar-refractivity contribution in [1.82, 2.24) is 5.32 Å². The average Bonchev–Trinajstić information content (AvgIpc) is 2.85. The van der Waals surface area contributed by atoms with Crippen LogP contribution in [0.1, 0.15) is 36.6 Å². The largest absolute Gasteiger partial charge is 0.463 e. The maximum Gasteiger partial charge on any atom is 0.373 e. The van der Waals surface area contributed by atoms with E-state index in [1.165, 1.54) is 7.11 Å². The molecule has 2 unspecified atom stereocenters. The van der Waals surface area contributed by atoms with E-state index in [0.29, 0.717) is 18.7 Å². The molecule has 1 saturated carbocycles. The first-order valence-corrected chi connectivity index (χ1v) is 6.42. The Morgan fingerprint density at radius 3 is 2.79 bits per heavy atom. The van der Waals surface area contributed by atoms with Crippen LogP contribution in [0.3, 0.4) is 0 Å². The molecule has 0 aliphatic heterocycles. The van der Waals surface area contributed by atoms with E-state index in [1.54, 1.807) is 19.2 Å². The number of carbonyl (C=O) groups is 1. The summed E-state index contributed by atoms with van der Waals surface area (Å²) in [6, 6.07) is 3.81. The maximum atomic E-state index is 11.3. The van der Waals surface area contributed by atoms with Gasteiger partial charge in [-0.3, -0.25) is 0 Å². The van der Waals surface area contributed by atoms with Crippen molar-refractivity contribution in [2.75, 3.05) is 14.2 Å². The number of rotatable bonds is 5. The fourth-order valence-electron chi connectivity index (χ4n) is 2.54. The van der Waals surface area contributed by atoms with Gasteiger partial charge in [-0.2, -0.15) is 0 Å². The lowest BCUT2D eigenvalue weighted by Gasteiger charge is -2.51. The second-order valence-corrected chi connectivity index (χ2v) is 5.47. The minimum atomic E-state index is -0.449. The quantitative estimate of drug-likeness (QED) is 0.826. The van der Waals surface area contributed by atoms with Crippen molar-refractivity contribution in [3.63, 3.8) is 0 Å². The second kappa shape index (κ2) is 5.35. The molecule has 1 fully saturated rings. The molecule has 0 amide bonds. The third-order valence-corrected chi connectivity index (χ3v) is 4.03. The van der Waals surface area contributed by atoms with Gasteiger partial charge in [0.2, 0.25) is 5.76 Å². The van der Waals surface area contributed by atoms with Gasteiger partial charge >= 0.3 is 5.97 Å². The molecule has 1 aromatic rings. The van der Waals surface area contributed by atoms with E-state index in [4.69, 9.17) is 9.15 Å². The number of hydrogen-bond acceptors (Lipinski definition) is 5. The Bertz CT molecular complexity index is 452. The number of hydrogen-bond donors (Lipinski definition) is 1. The van der Waals surface area contributed by atoms with Crippen LogP contribution in [0.4, 0.5) is 0 Å². The number of methoxy groups -OCH3 is 2. The highest BCUT2D eigenvalue weighted by molar-refractivity contribution is 5.86. The summed E-state index contributed by atoms with van der Waals surface area (Å²) in [6.45, 7) is 4.97. The van der Waals surface area contributed by atoms with Crippen LogP contribution in [-0.2, 0) is 16.0 Å². The zero-order chi connectivity index (χ0) is 14.0. The van der Waals surface area contributed by atoms with Gasteiger partial charge in [0, 0.05) is 18.6 Å². The average molecular weight is 267 g/mol. The molecule has 1 N–H and O–H groups in total. The molecule has 19 heavy (non-hydrogen) atoms. The monoisotopic (exact) mass is 267 g/mol. The van der Waals surface area contributed by atoms with Crippen molar-refractivity contribution in [1.29, 1.82) is 0 Å². The standard InChI is InChI=1S/C14H21NO4/c1-14(2)11(7-12(14)17-3)15-8-9-5-6-10(19-9)13(16)18-4/h5-6,11-12,15H,7-8H2,1-4H3. The minimum absolute atomic E-state index is 0.118. The Kier molecular flexibility index (Phi) is 3.96. The van der Waals surface area contributed by atoms with Gasteiger partial charge < -0.3 is 19.2 Å². The lowest BCUT2D eigenvalue weighted by Crippen LogP contribution is -2.60. The first-order valence-electron chi connectivity index (χ1n) is 6.42. The molecule has 0 saturated heterocycles. The predicted molar refractivity (Wildman–Crippen MR) is 69.9 cm³/mol. The minimum Gasteiger partial charge on any atom is -0.463 e. The van der Waals surface area contributed by atoms with Gasteiger partial charge in [0.1, 0.15) is 5.76 Å². The van der Waals surface area contributed by atoms with Crippen LogP contribution in [-0.4, -0.2) is 32.3 Å². The molecule has 2 atom stereocenters. The van der Waals surface area contributed by atoms with Crippen LogP contribution in [0.15, 0.2) is 16.5 Å². The number of carbonyl (C=O) groups excluding carboxylic acids is 1. The van der Waals surface area contributed by atoms with Crippen LogP contribution in [0, 0.1) is 5.41 Å². The zero-order valence-corrected chi connectivity index (χ0v) is 11.9. The van der Waals surface area contributed by atoms with Gasteiger partial charge in [-0.05, 0) is 18.6 Å². The van der Waals surface area contributed by atoms with Crippen molar-refractivity contribution in [3.05, 3.63) is 23.7 Å². The van der Waals surface area contributed by atoms with Gasteiger partial charge in [-0.25, -0.2) is 4.79 Å². The molecular formula is C14H21NO4. The number of esters is 1. The van der Waals surface area contributed by atoms with E-state index in [1.807, 2.05) is 0 Å². The fraction of sp³-hybridized carbons (Fsp3) is 0.643. The predicted octanol–water partition coefficient (Wildman–Crippen LogP) is 1.97. The van der Waals surface area contributed by atoms with Gasteiger partial charge in [0.05, 0.1) is 19.8 Å². The van der Waals surface area contributed by atoms with E-state index in [0.717, 1.165) is 12.2 Å². The van der Waals surface area contributed by atoms with Crippen LogP contribution in [0.25, 0.3) is 0 Å². The molecule has 1 aromatic heterocycles. The molecule has 0 radical (unpaired) electrons. The molecule has 0 bridgehead atoms. The molecular weight excluding hydrogens is 246 g/mol. The van der Waals surface area contributed by atoms with Crippen molar-refractivity contribution in [2.24, 2.45) is 5.41 Å². The van der Waals surface area contributed by atoms with Gasteiger partial charge in [-0.15, -0.1) is 0 Å². The Hall–Kier alpha value is -1.33. The lowest BCUT2D eigenvalue weighted by molar-refractivity contribution is -0.0982. The summed E-state index contributed by atoms with van der Waals surface area (Å²) in [4.78, 5) is 11.3. The fourth-order valence-corrected chi connectivity index (χ4v) is 2.54. The Balaban J connectivity index is 1.87. The zero-order valence-electron chi connectivity index (χ0n) is 11.9. The van der Waals surface area contributed by atoms with Crippen molar-refractivity contribution >= 4 is 5.97 Å². The van der Waals surface area contributed by atoms with Gasteiger partial charge in [0.25, 0.3) is 0 Å². The van der Waals surface area contributed by atoms with Crippen LogP contribution < -0.4 is 5.32 Å². The number of furan rings is 1. The maximum absolute atomic E-state index is 11.3. The third kappa shape index (κ3) is 2.67. The van der Waals surface area contributed by atoms with Crippen molar-refractivity contribution < 1.29 is 18.7 Å². The van der Waals surface area contributed by atoms with Gasteiger partial charge in [-0.1, -0.05) is 13.8 Å². The SMILES string of the molecule is COC(=O)c1ccc(CNC2CC(OC)C2(C)C)o1. The summed E-state index contributed by atoms with van der Waals surface area (Å²) in [7, 11) is 3.09. The first kappa shape index (κ1) is 14.1. The summed E-state index contributed by atoms with van der Waals surface area (Å²) in [5, 5.41) is 3.43. The van der Waals surface area contributed by atoms with E-state index >= 15 is 0 Å². The Morgan fingerprint density at radius 2 is 2.21 bits per heavy atom. The second-order valence-electron chi connectivity index (χ2n) is 5.47. The molecule has 1 heterocycles. The Morgan fingerprint density at radius 1 is 1.47 bits per heavy atom. The highest BCUT2D eigenvalue weighted by atomic mass is 16.5. The molecule has 5 heteroatoms. The third-order valence-electron chi connectivity index (χ3n) is 4.03. The molecule has 2 rings (SSSR count).